The van der Waals surface area contributed by atoms with Crippen molar-refractivity contribution >= 4 is 11.6 Å². The second kappa shape index (κ2) is 3.22. The van der Waals surface area contributed by atoms with Crippen molar-refractivity contribution in [2.75, 3.05) is 7.11 Å². The average Bonchev–Trinajstić information content (AvgIpc) is 2.84. The predicted octanol–water partition coefficient (Wildman–Crippen LogP) is 3.29. The zero-order chi connectivity index (χ0) is 9.42. The molecule has 0 aromatic heterocycles. The van der Waals surface area contributed by atoms with Gasteiger partial charge in [-0.3, -0.25) is 0 Å². The van der Waals surface area contributed by atoms with Gasteiger partial charge in [-0.1, -0.05) is 17.7 Å². The summed E-state index contributed by atoms with van der Waals surface area (Å²) in [5.74, 6) is 1.95. The average molecular weight is 196 g/mol. The highest BCUT2D eigenvalue weighted by atomic mass is 35.5. The summed E-state index contributed by atoms with van der Waals surface area (Å²) in [6.45, 7) is 4.01. The molecule has 0 N–H and O–H groups in total. The molecule has 69 valence electrons. The van der Waals surface area contributed by atoms with Gasteiger partial charge >= 0.3 is 0 Å². The summed E-state index contributed by atoms with van der Waals surface area (Å²) < 4.78 is 5.15. The molecule has 2 unspecified atom stereocenters. The minimum absolute atomic E-state index is 0.575. The molecule has 1 fully saturated rings. The highest BCUT2D eigenvalue weighted by molar-refractivity contribution is 6.32. The minimum Gasteiger partial charge on any atom is -0.495 e. The largest absolute Gasteiger partial charge is 0.495 e. The zero-order valence-electron chi connectivity index (χ0n) is 7.59. The predicted molar refractivity (Wildman–Crippen MR) is 54.2 cm³/mol. The van der Waals surface area contributed by atoms with E-state index in [1.807, 2.05) is 12.1 Å². The molecule has 0 amide bonds. The molecule has 1 aliphatic rings. The number of halogens is 1. The van der Waals surface area contributed by atoms with E-state index in [4.69, 9.17) is 16.3 Å². The van der Waals surface area contributed by atoms with Crippen molar-refractivity contribution < 1.29 is 4.74 Å². The van der Waals surface area contributed by atoms with E-state index in [0.717, 1.165) is 5.75 Å². The van der Waals surface area contributed by atoms with E-state index in [1.54, 1.807) is 7.11 Å². The number of rotatable bonds is 2. The lowest BCUT2D eigenvalue weighted by molar-refractivity contribution is 0.414. The van der Waals surface area contributed by atoms with E-state index in [0.29, 0.717) is 16.9 Å². The quantitative estimate of drug-likeness (QED) is 0.704. The lowest BCUT2D eigenvalue weighted by atomic mass is 10.1. The molecule has 0 aliphatic heterocycles. The van der Waals surface area contributed by atoms with Crippen LogP contribution >= 0.6 is 11.6 Å². The Morgan fingerprint density at radius 2 is 2.23 bits per heavy atom. The molecule has 2 heteroatoms. The molecule has 0 heterocycles. The number of hydrogen-bond donors (Lipinski definition) is 0. The van der Waals surface area contributed by atoms with Crippen LogP contribution in [0.25, 0.3) is 0 Å². The van der Waals surface area contributed by atoms with Gasteiger partial charge < -0.3 is 4.74 Å². The van der Waals surface area contributed by atoms with Crippen molar-refractivity contribution in [3.63, 3.8) is 0 Å². The van der Waals surface area contributed by atoms with E-state index in [2.05, 4.69) is 13.0 Å². The Bertz CT molecular complexity index is 322. The van der Waals surface area contributed by atoms with Crippen molar-refractivity contribution in [2.45, 2.75) is 12.3 Å². The maximum Gasteiger partial charge on any atom is 0.137 e. The first kappa shape index (κ1) is 8.89. The summed E-state index contributed by atoms with van der Waals surface area (Å²) in [7, 11) is 1.64. The van der Waals surface area contributed by atoms with E-state index in [-0.39, 0.29) is 0 Å². The number of ether oxygens (including phenoxy) is 1. The molecule has 0 bridgehead atoms. The maximum atomic E-state index is 5.92. The third-order valence-electron chi connectivity index (χ3n) is 2.53. The van der Waals surface area contributed by atoms with Crippen LogP contribution < -0.4 is 4.74 Å². The van der Waals surface area contributed by atoms with Crippen molar-refractivity contribution in [1.29, 1.82) is 0 Å². The molecule has 0 saturated heterocycles. The van der Waals surface area contributed by atoms with Crippen molar-refractivity contribution in [1.82, 2.24) is 0 Å². The molecule has 1 aromatic carbocycles. The van der Waals surface area contributed by atoms with Crippen molar-refractivity contribution in [3.05, 3.63) is 35.7 Å². The van der Waals surface area contributed by atoms with Gasteiger partial charge in [-0.05, 0) is 42.9 Å². The second-order valence-electron chi connectivity index (χ2n) is 3.50. The monoisotopic (exact) mass is 195 g/mol. The Morgan fingerprint density at radius 1 is 1.54 bits per heavy atom. The molecule has 2 atom stereocenters. The fraction of sp³-hybridized carbons (Fsp3) is 0.364. The fourth-order valence-corrected chi connectivity index (χ4v) is 1.76. The summed E-state index contributed by atoms with van der Waals surface area (Å²) >= 11 is 5.92. The Kier molecular flexibility index (Phi) is 2.20. The molecule has 1 aliphatic carbocycles. The highest BCUT2D eigenvalue weighted by Crippen LogP contribution is 2.47. The van der Waals surface area contributed by atoms with Crippen LogP contribution in [0.1, 0.15) is 17.9 Å². The van der Waals surface area contributed by atoms with Gasteiger partial charge in [0.15, 0.2) is 0 Å². The van der Waals surface area contributed by atoms with Crippen molar-refractivity contribution in [3.8, 4) is 5.75 Å². The Labute approximate surface area is 83.7 Å². The third kappa shape index (κ3) is 1.66. The van der Waals surface area contributed by atoms with Gasteiger partial charge in [0.05, 0.1) is 12.1 Å². The first-order valence-corrected chi connectivity index (χ1v) is 4.76. The van der Waals surface area contributed by atoms with Gasteiger partial charge in [0.25, 0.3) is 0 Å². The maximum absolute atomic E-state index is 5.92. The number of benzene rings is 1. The minimum atomic E-state index is 0.575. The Balaban J connectivity index is 2.28. The molecule has 0 spiro atoms. The van der Waals surface area contributed by atoms with E-state index in [9.17, 15) is 0 Å². The summed E-state index contributed by atoms with van der Waals surface area (Å²) in [6, 6.07) is 5.96. The molecular weight excluding hydrogens is 184 g/mol. The van der Waals surface area contributed by atoms with Gasteiger partial charge in [0, 0.05) is 0 Å². The van der Waals surface area contributed by atoms with E-state index in [1.165, 1.54) is 12.0 Å². The molecule has 1 saturated carbocycles. The zero-order valence-corrected chi connectivity index (χ0v) is 8.34. The molecule has 1 nitrogen and oxygen atoms in total. The van der Waals surface area contributed by atoms with E-state index < -0.39 is 0 Å². The smallest absolute Gasteiger partial charge is 0.137 e. The van der Waals surface area contributed by atoms with Crippen LogP contribution in [-0.2, 0) is 0 Å². The van der Waals surface area contributed by atoms with Crippen LogP contribution in [-0.4, -0.2) is 7.11 Å². The molecular formula is C11H12ClO. The van der Waals surface area contributed by atoms with Gasteiger partial charge in [-0.2, -0.15) is 0 Å². The summed E-state index contributed by atoms with van der Waals surface area (Å²) in [4.78, 5) is 0. The Morgan fingerprint density at radius 3 is 2.77 bits per heavy atom. The van der Waals surface area contributed by atoms with Gasteiger partial charge in [-0.15, -0.1) is 0 Å². The molecule has 2 rings (SSSR count). The van der Waals surface area contributed by atoms with Crippen LogP contribution in [0.2, 0.25) is 5.02 Å². The SMILES string of the molecule is [CH2]C1CC1c1ccc(Cl)c(OC)c1. The van der Waals surface area contributed by atoms with Crippen LogP contribution in [0.5, 0.6) is 5.75 Å². The van der Waals surface area contributed by atoms with Crippen molar-refractivity contribution in [2.24, 2.45) is 5.92 Å². The standard InChI is InChI=1S/C11H12ClO/c1-7-5-9(7)8-3-4-10(12)11(6-8)13-2/h3-4,6-7,9H,1,5H2,2H3. The Hall–Kier alpha value is -0.690. The number of hydrogen-bond acceptors (Lipinski definition) is 1. The van der Waals surface area contributed by atoms with Crippen LogP contribution in [0.3, 0.4) is 0 Å². The first-order chi connectivity index (χ1) is 6.22. The summed E-state index contributed by atoms with van der Waals surface area (Å²) in [6.07, 6.45) is 1.19. The van der Waals surface area contributed by atoms with E-state index >= 15 is 0 Å². The lowest BCUT2D eigenvalue weighted by Crippen LogP contribution is -1.87. The van der Waals surface area contributed by atoms with Crippen LogP contribution in [0, 0.1) is 12.8 Å². The topological polar surface area (TPSA) is 9.23 Å². The highest BCUT2D eigenvalue weighted by Gasteiger charge is 2.34. The van der Waals surface area contributed by atoms with Crippen LogP contribution in [0.15, 0.2) is 18.2 Å². The van der Waals surface area contributed by atoms with Gasteiger partial charge in [0.2, 0.25) is 0 Å². The second-order valence-corrected chi connectivity index (χ2v) is 3.90. The summed E-state index contributed by atoms with van der Waals surface area (Å²) in [5, 5.41) is 0.674. The van der Waals surface area contributed by atoms with Crippen LogP contribution in [0.4, 0.5) is 0 Å². The summed E-state index contributed by atoms with van der Waals surface area (Å²) in [5.41, 5.74) is 1.29. The third-order valence-corrected chi connectivity index (χ3v) is 2.84. The van der Waals surface area contributed by atoms with Gasteiger partial charge in [-0.25, -0.2) is 0 Å². The number of methoxy groups -OCH3 is 1. The normalized spacial score (nSPS) is 25.8. The molecule has 1 aromatic rings. The fourth-order valence-electron chi connectivity index (χ4n) is 1.56. The molecule has 1 radical (unpaired) electrons. The van der Waals surface area contributed by atoms with Gasteiger partial charge in [0.1, 0.15) is 5.75 Å². The first-order valence-electron chi connectivity index (χ1n) is 4.39. The molecule has 13 heavy (non-hydrogen) atoms. The lowest BCUT2D eigenvalue weighted by Gasteiger charge is -2.05.